The molecular formula is C21H25F3N4O. The Labute approximate surface area is 168 Å². The summed E-state index contributed by atoms with van der Waals surface area (Å²) in [4.78, 5) is 6.28. The Hall–Kier alpha value is -2.53. The molecule has 1 heterocycles. The highest BCUT2D eigenvalue weighted by Crippen LogP contribution is 2.40. The van der Waals surface area contributed by atoms with E-state index in [1.54, 1.807) is 25.6 Å². The molecule has 29 heavy (non-hydrogen) atoms. The number of ether oxygens (including phenoxy) is 1. The van der Waals surface area contributed by atoms with Gasteiger partial charge in [0.25, 0.3) is 0 Å². The molecule has 1 aromatic carbocycles. The van der Waals surface area contributed by atoms with Crippen molar-refractivity contribution in [2.24, 2.45) is 0 Å². The number of hydrogen-bond donors (Lipinski definition) is 0. The quantitative estimate of drug-likeness (QED) is 0.675. The largest absolute Gasteiger partial charge is 0.417 e. The predicted molar refractivity (Wildman–Crippen MR) is 104 cm³/mol. The van der Waals surface area contributed by atoms with E-state index < -0.39 is 11.7 Å². The minimum atomic E-state index is -4.55. The van der Waals surface area contributed by atoms with Gasteiger partial charge in [-0.3, -0.25) is 0 Å². The van der Waals surface area contributed by atoms with Gasteiger partial charge in [-0.1, -0.05) is 0 Å². The fourth-order valence-electron chi connectivity index (χ4n) is 4.25. The Kier molecular flexibility index (Phi) is 6.48. The molecule has 0 saturated heterocycles. The maximum atomic E-state index is 13.4. The van der Waals surface area contributed by atoms with Crippen LogP contribution in [0.4, 0.5) is 18.9 Å². The van der Waals surface area contributed by atoms with Crippen molar-refractivity contribution in [2.45, 2.75) is 50.9 Å². The first-order valence-electron chi connectivity index (χ1n) is 9.76. The predicted octanol–water partition coefficient (Wildman–Crippen LogP) is 4.58. The Morgan fingerprint density at radius 2 is 2.14 bits per heavy atom. The summed E-state index contributed by atoms with van der Waals surface area (Å²) in [6.07, 6.45) is 1.84. The summed E-state index contributed by atoms with van der Waals surface area (Å²) in [5.74, 6) is 0.314. The summed E-state index contributed by atoms with van der Waals surface area (Å²) in [6, 6.07) is 5.79. The highest BCUT2D eigenvalue weighted by atomic mass is 19.4. The van der Waals surface area contributed by atoms with Crippen molar-refractivity contribution in [2.75, 3.05) is 25.2 Å². The lowest BCUT2D eigenvalue weighted by atomic mass is 10.0. The van der Waals surface area contributed by atoms with Crippen LogP contribution in [0.1, 0.15) is 48.9 Å². The molecule has 1 saturated carbocycles. The fraction of sp³-hybridized carbons (Fsp3) is 0.524. The molecule has 0 spiro atoms. The number of imidazole rings is 1. The number of benzene rings is 1. The molecule has 156 valence electrons. The van der Waals surface area contributed by atoms with Gasteiger partial charge in [-0.15, -0.1) is 0 Å². The molecule has 0 amide bonds. The third-order valence-corrected chi connectivity index (χ3v) is 5.65. The Morgan fingerprint density at radius 3 is 2.79 bits per heavy atom. The highest BCUT2D eigenvalue weighted by molar-refractivity contribution is 5.55. The Bertz CT molecular complexity index is 872. The van der Waals surface area contributed by atoms with E-state index in [9.17, 15) is 13.2 Å². The number of methoxy groups -OCH3 is 1. The molecule has 2 aromatic rings. The zero-order chi connectivity index (χ0) is 21.0. The van der Waals surface area contributed by atoms with Crippen LogP contribution in [0.25, 0.3) is 0 Å². The molecule has 1 aromatic heterocycles. The van der Waals surface area contributed by atoms with E-state index in [1.165, 1.54) is 6.07 Å². The molecule has 2 atom stereocenters. The van der Waals surface area contributed by atoms with Crippen LogP contribution in [0.3, 0.4) is 0 Å². The van der Waals surface area contributed by atoms with Crippen molar-refractivity contribution >= 4 is 5.69 Å². The fourth-order valence-corrected chi connectivity index (χ4v) is 4.25. The van der Waals surface area contributed by atoms with E-state index in [-0.39, 0.29) is 11.6 Å². The van der Waals surface area contributed by atoms with Gasteiger partial charge in [0.1, 0.15) is 0 Å². The second kappa shape index (κ2) is 8.87. The smallest absolute Gasteiger partial charge is 0.383 e. The van der Waals surface area contributed by atoms with Crippen molar-refractivity contribution in [1.82, 2.24) is 9.55 Å². The van der Waals surface area contributed by atoms with E-state index in [2.05, 4.69) is 9.55 Å². The van der Waals surface area contributed by atoms with Crippen LogP contribution in [0.2, 0.25) is 0 Å². The summed E-state index contributed by atoms with van der Waals surface area (Å²) in [5, 5.41) is 9.03. The number of alkyl halides is 3. The number of nitrogens with zero attached hydrogens (tertiary/aromatic N) is 4. The van der Waals surface area contributed by atoms with Gasteiger partial charge in [0.2, 0.25) is 0 Å². The first-order chi connectivity index (χ1) is 13.9. The van der Waals surface area contributed by atoms with Gasteiger partial charge in [0, 0.05) is 49.7 Å². The average molecular weight is 406 g/mol. The number of nitriles is 1. The minimum absolute atomic E-state index is 0.143. The lowest BCUT2D eigenvalue weighted by Gasteiger charge is -2.31. The maximum absolute atomic E-state index is 13.4. The van der Waals surface area contributed by atoms with Crippen LogP contribution < -0.4 is 4.90 Å². The van der Waals surface area contributed by atoms with Crippen LogP contribution in [-0.4, -0.2) is 35.9 Å². The topological polar surface area (TPSA) is 54.1 Å². The lowest BCUT2D eigenvalue weighted by Crippen LogP contribution is -2.33. The molecule has 1 aliphatic rings. The Balaban J connectivity index is 1.80. The van der Waals surface area contributed by atoms with E-state index in [0.717, 1.165) is 37.6 Å². The zero-order valence-corrected chi connectivity index (χ0v) is 16.6. The normalized spacial score (nSPS) is 19.3. The maximum Gasteiger partial charge on any atom is 0.417 e. The molecule has 0 bridgehead atoms. The SMILES string of the molecule is CCN(c1ccc(C#N)c(C(F)(F)F)c1)[C@H]1CC[C@H](c2cncn2CCOC)C1. The van der Waals surface area contributed by atoms with Crippen molar-refractivity contribution in [3.63, 3.8) is 0 Å². The monoisotopic (exact) mass is 406 g/mol. The second-order valence-corrected chi connectivity index (χ2v) is 7.29. The third kappa shape index (κ3) is 4.56. The standard InChI is InChI=1S/C21H25F3N4O/c1-3-28(18-7-5-16(12-25)19(11-18)21(22,23)24)17-6-4-15(10-17)20-13-26-14-27(20)8-9-29-2/h5,7,11,13-15,17H,3-4,6,8-10H2,1-2H3/t15-,17-/m0/s1. The molecular weight excluding hydrogens is 381 g/mol. The molecule has 0 N–H and O–H groups in total. The summed E-state index contributed by atoms with van der Waals surface area (Å²) in [5.41, 5.74) is 0.445. The van der Waals surface area contributed by atoms with Crippen LogP contribution >= 0.6 is 0 Å². The van der Waals surface area contributed by atoms with Gasteiger partial charge in [0.05, 0.1) is 30.1 Å². The second-order valence-electron chi connectivity index (χ2n) is 7.29. The van der Waals surface area contributed by atoms with Crippen molar-refractivity contribution in [3.05, 3.63) is 47.5 Å². The summed E-state index contributed by atoms with van der Waals surface area (Å²) >= 11 is 0. The number of rotatable bonds is 7. The van der Waals surface area contributed by atoms with Gasteiger partial charge >= 0.3 is 6.18 Å². The van der Waals surface area contributed by atoms with Gasteiger partial charge in [0.15, 0.2) is 0 Å². The third-order valence-electron chi connectivity index (χ3n) is 5.65. The van der Waals surface area contributed by atoms with Gasteiger partial charge in [-0.2, -0.15) is 18.4 Å². The van der Waals surface area contributed by atoms with Crippen LogP contribution in [-0.2, 0) is 17.5 Å². The van der Waals surface area contributed by atoms with E-state index >= 15 is 0 Å². The molecule has 0 radical (unpaired) electrons. The number of hydrogen-bond acceptors (Lipinski definition) is 4. The molecule has 3 rings (SSSR count). The minimum Gasteiger partial charge on any atom is -0.383 e. The average Bonchev–Trinajstić information content (AvgIpc) is 3.35. The number of halogens is 3. The molecule has 8 heteroatoms. The lowest BCUT2D eigenvalue weighted by molar-refractivity contribution is -0.137. The van der Waals surface area contributed by atoms with Crippen molar-refractivity contribution in [1.29, 1.82) is 5.26 Å². The Morgan fingerprint density at radius 1 is 1.34 bits per heavy atom. The first kappa shape index (κ1) is 21.2. The molecule has 5 nitrogen and oxygen atoms in total. The molecule has 0 unspecified atom stereocenters. The van der Waals surface area contributed by atoms with Crippen LogP contribution in [0.5, 0.6) is 0 Å². The van der Waals surface area contributed by atoms with Crippen LogP contribution in [0.15, 0.2) is 30.7 Å². The highest BCUT2D eigenvalue weighted by Gasteiger charge is 2.36. The number of anilines is 1. The van der Waals surface area contributed by atoms with E-state index in [0.29, 0.717) is 24.8 Å². The van der Waals surface area contributed by atoms with E-state index in [4.69, 9.17) is 10.00 Å². The summed E-state index contributed by atoms with van der Waals surface area (Å²) in [7, 11) is 1.66. The molecule has 0 aliphatic heterocycles. The molecule has 1 fully saturated rings. The van der Waals surface area contributed by atoms with Gasteiger partial charge < -0.3 is 14.2 Å². The van der Waals surface area contributed by atoms with E-state index in [1.807, 2.05) is 18.0 Å². The van der Waals surface area contributed by atoms with Gasteiger partial charge in [-0.25, -0.2) is 4.98 Å². The van der Waals surface area contributed by atoms with Crippen LogP contribution in [0, 0.1) is 11.3 Å². The van der Waals surface area contributed by atoms with Crippen molar-refractivity contribution in [3.8, 4) is 6.07 Å². The summed E-state index contributed by atoms with van der Waals surface area (Å²) < 4.78 is 47.3. The zero-order valence-electron chi connectivity index (χ0n) is 16.6. The first-order valence-corrected chi connectivity index (χ1v) is 9.76. The molecule has 1 aliphatic carbocycles. The summed E-state index contributed by atoms with van der Waals surface area (Å²) in [6.45, 7) is 3.88. The number of aromatic nitrogens is 2. The van der Waals surface area contributed by atoms with Gasteiger partial charge in [-0.05, 0) is 44.4 Å². The van der Waals surface area contributed by atoms with Crippen molar-refractivity contribution < 1.29 is 17.9 Å².